The molecule has 0 bridgehead atoms. The Morgan fingerprint density at radius 3 is 2.32 bits per heavy atom. The van der Waals surface area contributed by atoms with Gasteiger partial charge in [0.25, 0.3) is 5.69 Å². The lowest BCUT2D eigenvalue weighted by Crippen LogP contribution is -2.31. The van der Waals surface area contributed by atoms with Crippen LogP contribution in [0.5, 0.6) is 0 Å². The van der Waals surface area contributed by atoms with Gasteiger partial charge in [-0.15, -0.1) is 0 Å². The molecule has 1 rings (SSSR count). The third-order valence-electron chi connectivity index (χ3n) is 3.60. The van der Waals surface area contributed by atoms with Gasteiger partial charge in [-0.25, -0.2) is 0 Å². The molecular formula is C17H29NO3Si. The highest BCUT2D eigenvalue weighted by atomic mass is 28.4. The molecule has 22 heavy (non-hydrogen) atoms. The summed E-state index contributed by atoms with van der Waals surface area (Å²) in [4.78, 5) is 11.0. The lowest BCUT2D eigenvalue weighted by molar-refractivity contribution is -0.386. The van der Waals surface area contributed by atoms with Gasteiger partial charge in [0, 0.05) is 11.6 Å². The molecule has 0 saturated carbocycles. The SMILES string of the molecule is CC(C)C[Si](C)(C)OCc1ccc(C(C)(C)C)c([N+](=O)[O-])c1. The predicted molar refractivity (Wildman–Crippen MR) is 93.7 cm³/mol. The highest BCUT2D eigenvalue weighted by Gasteiger charge is 2.27. The predicted octanol–water partition coefficient (Wildman–Crippen LogP) is 5.27. The molecule has 5 heteroatoms. The third-order valence-corrected chi connectivity index (χ3v) is 6.32. The van der Waals surface area contributed by atoms with Crippen molar-refractivity contribution in [2.75, 3.05) is 0 Å². The van der Waals surface area contributed by atoms with Crippen LogP contribution in [0.4, 0.5) is 5.69 Å². The smallest absolute Gasteiger partial charge is 0.273 e. The van der Waals surface area contributed by atoms with Crippen LogP contribution in [-0.4, -0.2) is 13.2 Å². The standard InChI is InChI=1S/C17H29NO3Si/c1-13(2)12-22(6,7)21-11-14-8-9-15(17(3,4)5)16(10-14)18(19)20/h8-10,13H,11-12H2,1-7H3. The Hall–Kier alpha value is -1.20. The summed E-state index contributed by atoms with van der Waals surface area (Å²) in [6, 6.07) is 6.58. The zero-order valence-corrected chi connectivity index (χ0v) is 15.9. The third kappa shape index (κ3) is 5.53. The molecule has 0 aliphatic heterocycles. The molecule has 4 nitrogen and oxygen atoms in total. The quantitative estimate of drug-likeness (QED) is 0.407. The summed E-state index contributed by atoms with van der Waals surface area (Å²) in [7, 11) is -1.71. The van der Waals surface area contributed by atoms with E-state index in [1.165, 1.54) is 0 Å². The number of benzene rings is 1. The first-order valence-corrected chi connectivity index (χ1v) is 11.0. The van der Waals surface area contributed by atoms with Gasteiger partial charge in [-0.2, -0.15) is 0 Å². The molecule has 0 saturated heterocycles. The Kier molecular flexibility index (Phi) is 5.93. The molecule has 0 aliphatic rings. The van der Waals surface area contributed by atoms with Crippen LogP contribution in [0.2, 0.25) is 19.1 Å². The van der Waals surface area contributed by atoms with Gasteiger partial charge in [-0.05, 0) is 36.0 Å². The molecule has 0 heterocycles. The first-order valence-electron chi connectivity index (χ1n) is 7.84. The number of nitro benzene ring substituents is 1. The molecule has 0 N–H and O–H groups in total. The molecule has 0 unspecified atom stereocenters. The molecular weight excluding hydrogens is 294 g/mol. The zero-order valence-electron chi connectivity index (χ0n) is 14.9. The van der Waals surface area contributed by atoms with Crippen molar-refractivity contribution in [1.29, 1.82) is 0 Å². The molecule has 0 atom stereocenters. The Morgan fingerprint density at radius 1 is 1.27 bits per heavy atom. The van der Waals surface area contributed by atoms with Crippen molar-refractivity contribution < 1.29 is 9.35 Å². The van der Waals surface area contributed by atoms with Crippen LogP contribution in [-0.2, 0) is 16.4 Å². The van der Waals surface area contributed by atoms with Crippen molar-refractivity contribution in [1.82, 2.24) is 0 Å². The highest BCUT2D eigenvalue weighted by molar-refractivity contribution is 6.71. The van der Waals surface area contributed by atoms with Gasteiger partial charge in [0.1, 0.15) is 0 Å². The number of hydrogen-bond acceptors (Lipinski definition) is 3. The maximum absolute atomic E-state index is 11.3. The Labute approximate surface area is 135 Å². The van der Waals surface area contributed by atoms with Crippen LogP contribution in [0, 0.1) is 16.0 Å². The van der Waals surface area contributed by atoms with E-state index in [9.17, 15) is 10.1 Å². The molecule has 0 radical (unpaired) electrons. The van der Waals surface area contributed by atoms with Crippen LogP contribution in [0.15, 0.2) is 18.2 Å². The summed E-state index contributed by atoms with van der Waals surface area (Å²) < 4.78 is 6.10. The van der Waals surface area contributed by atoms with Gasteiger partial charge >= 0.3 is 0 Å². The molecule has 0 spiro atoms. The summed E-state index contributed by atoms with van der Waals surface area (Å²) in [5.41, 5.74) is 1.59. The summed E-state index contributed by atoms with van der Waals surface area (Å²) in [6.45, 7) is 15.2. The number of nitro groups is 1. The monoisotopic (exact) mass is 323 g/mol. The molecule has 0 amide bonds. The minimum atomic E-state index is -1.71. The van der Waals surface area contributed by atoms with Crippen LogP contribution in [0.25, 0.3) is 0 Å². The van der Waals surface area contributed by atoms with E-state index in [4.69, 9.17) is 4.43 Å². The fraction of sp³-hybridized carbons (Fsp3) is 0.647. The minimum absolute atomic E-state index is 0.192. The van der Waals surface area contributed by atoms with E-state index >= 15 is 0 Å². The first kappa shape index (κ1) is 18.8. The second kappa shape index (κ2) is 6.92. The van der Waals surface area contributed by atoms with Gasteiger partial charge in [0.15, 0.2) is 8.32 Å². The van der Waals surface area contributed by atoms with Gasteiger partial charge in [-0.3, -0.25) is 10.1 Å². The van der Waals surface area contributed by atoms with Gasteiger partial charge in [0.05, 0.1) is 11.5 Å². The van der Waals surface area contributed by atoms with Crippen LogP contribution < -0.4 is 0 Å². The fourth-order valence-corrected chi connectivity index (χ4v) is 5.41. The summed E-state index contributed by atoms with van der Waals surface area (Å²) in [5.74, 6) is 0.610. The Bertz CT molecular complexity index is 533. The number of rotatable bonds is 6. The maximum atomic E-state index is 11.3. The van der Waals surface area contributed by atoms with Gasteiger partial charge in [0.2, 0.25) is 0 Å². The lowest BCUT2D eigenvalue weighted by Gasteiger charge is -2.25. The zero-order chi connectivity index (χ0) is 17.1. The van der Waals surface area contributed by atoms with Crippen molar-refractivity contribution in [2.24, 2.45) is 5.92 Å². The summed E-state index contributed by atoms with van der Waals surface area (Å²) in [5, 5.41) is 11.3. The molecule has 124 valence electrons. The van der Waals surface area contributed by atoms with Crippen molar-refractivity contribution >= 4 is 14.0 Å². The van der Waals surface area contributed by atoms with E-state index in [2.05, 4.69) is 26.9 Å². The van der Waals surface area contributed by atoms with Crippen molar-refractivity contribution in [2.45, 2.75) is 65.8 Å². The first-order chi connectivity index (χ1) is 9.92. The van der Waals surface area contributed by atoms with Crippen LogP contribution in [0.3, 0.4) is 0 Å². The van der Waals surface area contributed by atoms with E-state index in [0.29, 0.717) is 12.5 Å². The summed E-state index contributed by atoms with van der Waals surface area (Å²) in [6.07, 6.45) is 0. The van der Waals surface area contributed by atoms with E-state index in [1.54, 1.807) is 6.07 Å². The fourth-order valence-electron chi connectivity index (χ4n) is 2.77. The van der Waals surface area contributed by atoms with Crippen molar-refractivity contribution in [3.8, 4) is 0 Å². The van der Waals surface area contributed by atoms with Gasteiger partial charge < -0.3 is 4.43 Å². The van der Waals surface area contributed by atoms with E-state index in [1.807, 2.05) is 32.9 Å². The summed E-state index contributed by atoms with van der Waals surface area (Å²) >= 11 is 0. The van der Waals surface area contributed by atoms with E-state index in [-0.39, 0.29) is 16.0 Å². The second-order valence-electron chi connectivity index (χ2n) is 8.00. The maximum Gasteiger partial charge on any atom is 0.273 e. The molecule has 1 aromatic rings. The van der Waals surface area contributed by atoms with Crippen molar-refractivity contribution in [3.05, 3.63) is 39.4 Å². The normalized spacial score (nSPS) is 12.7. The lowest BCUT2D eigenvalue weighted by atomic mass is 9.85. The topological polar surface area (TPSA) is 52.4 Å². The average molecular weight is 324 g/mol. The number of hydrogen-bond donors (Lipinski definition) is 0. The van der Waals surface area contributed by atoms with Gasteiger partial charge in [-0.1, -0.05) is 46.8 Å². The van der Waals surface area contributed by atoms with Crippen molar-refractivity contribution in [3.63, 3.8) is 0 Å². The van der Waals surface area contributed by atoms with E-state index in [0.717, 1.165) is 17.2 Å². The molecule has 0 aliphatic carbocycles. The second-order valence-corrected chi connectivity index (χ2v) is 12.2. The van der Waals surface area contributed by atoms with E-state index < -0.39 is 8.32 Å². The molecule has 0 fully saturated rings. The Balaban J connectivity index is 2.95. The number of nitrogens with zero attached hydrogens (tertiary/aromatic N) is 1. The largest absolute Gasteiger partial charge is 0.413 e. The molecule has 1 aromatic carbocycles. The van der Waals surface area contributed by atoms with Crippen LogP contribution in [0.1, 0.15) is 45.7 Å². The molecule has 0 aromatic heterocycles. The minimum Gasteiger partial charge on any atom is -0.413 e. The average Bonchev–Trinajstić information content (AvgIpc) is 2.33. The van der Waals surface area contributed by atoms with Crippen LogP contribution >= 0.6 is 0 Å². The highest BCUT2D eigenvalue weighted by Crippen LogP contribution is 2.32. The Morgan fingerprint density at radius 2 is 1.86 bits per heavy atom.